The van der Waals surface area contributed by atoms with E-state index in [1.807, 2.05) is 6.92 Å². The molecule has 3 rings (SSSR count). The number of benzene rings is 2. The van der Waals surface area contributed by atoms with Gasteiger partial charge in [-0.2, -0.15) is 0 Å². The molecule has 0 amide bonds. The van der Waals surface area contributed by atoms with E-state index in [4.69, 9.17) is 25.5 Å². The Labute approximate surface area is 172 Å². The maximum absolute atomic E-state index is 12.7. The number of thioether (sulfide) groups is 1. The van der Waals surface area contributed by atoms with Gasteiger partial charge >= 0.3 is 0 Å². The molecule has 6 nitrogen and oxygen atoms in total. The zero-order chi connectivity index (χ0) is 19.9. The lowest BCUT2D eigenvalue weighted by Crippen LogP contribution is -2.16. The highest BCUT2D eigenvalue weighted by atomic mass is 35.5. The number of carbonyl (C=O) groups is 1. The summed E-state index contributed by atoms with van der Waals surface area (Å²) in [5.74, 6) is 1.70. The van der Waals surface area contributed by atoms with Gasteiger partial charge in [0, 0.05) is 10.6 Å². The van der Waals surface area contributed by atoms with Gasteiger partial charge in [0.15, 0.2) is 12.4 Å². The summed E-state index contributed by atoms with van der Waals surface area (Å²) in [6.45, 7) is 2.08. The number of aromatic nitrogens is 2. The maximum Gasteiger partial charge on any atom is 0.277 e. The van der Waals surface area contributed by atoms with E-state index >= 15 is 0 Å². The highest BCUT2D eigenvalue weighted by molar-refractivity contribution is 8.00. The molecule has 2 aromatic carbocycles. The number of halogens is 1. The first-order valence-corrected chi connectivity index (χ1v) is 9.90. The molecule has 0 fully saturated rings. The van der Waals surface area contributed by atoms with E-state index < -0.39 is 0 Å². The van der Waals surface area contributed by atoms with Gasteiger partial charge in [-0.1, -0.05) is 30.3 Å². The smallest absolute Gasteiger partial charge is 0.277 e. The second-order valence-corrected chi connectivity index (χ2v) is 7.40. The van der Waals surface area contributed by atoms with Crippen LogP contribution in [-0.2, 0) is 6.61 Å². The van der Waals surface area contributed by atoms with Crippen LogP contribution < -0.4 is 9.47 Å². The Bertz CT molecular complexity index is 913. The Hall–Kier alpha value is -2.51. The number of nitrogens with zero attached hydrogens (tertiary/aromatic N) is 2. The standard InChI is InChI=1S/C20H19ClN2O4S/c1-3-17(19(24)13-4-8-15(25-2)9-5-13)28-20-23-22-18(27-20)12-26-16-10-6-14(21)7-11-16/h4-11,17H,3,12H2,1-2H3. The van der Waals surface area contributed by atoms with Gasteiger partial charge in [0.05, 0.1) is 12.4 Å². The Kier molecular flexibility index (Phi) is 6.95. The predicted octanol–water partition coefficient (Wildman–Crippen LogP) is 5.06. The number of carbonyl (C=O) groups excluding carboxylic acids is 1. The minimum Gasteiger partial charge on any atom is -0.497 e. The summed E-state index contributed by atoms with van der Waals surface area (Å²) < 4.78 is 16.3. The van der Waals surface area contributed by atoms with Crippen LogP contribution in [0.15, 0.2) is 58.2 Å². The highest BCUT2D eigenvalue weighted by Crippen LogP contribution is 2.28. The van der Waals surface area contributed by atoms with E-state index in [0.29, 0.717) is 39.6 Å². The first kappa shape index (κ1) is 20.2. The van der Waals surface area contributed by atoms with Crippen LogP contribution in [0, 0.1) is 0 Å². The monoisotopic (exact) mass is 418 g/mol. The topological polar surface area (TPSA) is 74.5 Å². The zero-order valence-corrected chi connectivity index (χ0v) is 17.0. The van der Waals surface area contributed by atoms with E-state index in [9.17, 15) is 4.79 Å². The fraction of sp³-hybridized carbons (Fsp3) is 0.250. The van der Waals surface area contributed by atoms with Crippen LogP contribution in [0.5, 0.6) is 11.5 Å². The molecule has 3 aromatic rings. The number of rotatable bonds is 9. The van der Waals surface area contributed by atoms with E-state index in [1.54, 1.807) is 55.6 Å². The zero-order valence-electron chi connectivity index (χ0n) is 15.4. The predicted molar refractivity (Wildman–Crippen MR) is 107 cm³/mol. The number of methoxy groups -OCH3 is 1. The van der Waals surface area contributed by atoms with Crippen molar-refractivity contribution in [1.82, 2.24) is 10.2 Å². The number of hydrogen-bond donors (Lipinski definition) is 0. The summed E-state index contributed by atoms with van der Waals surface area (Å²) >= 11 is 7.10. The van der Waals surface area contributed by atoms with Gasteiger partial charge in [0.25, 0.3) is 11.1 Å². The molecule has 1 atom stereocenters. The van der Waals surface area contributed by atoms with Crippen molar-refractivity contribution in [2.75, 3.05) is 7.11 Å². The summed E-state index contributed by atoms with van der Waals surface area (Å²) in [7, 11) is 1.59. The SMILES string of the molecule is CCC(Sc1nnc(COc2ccc(Cl)cc2)o1)C(=O)c1ccc(OC)cc1. The number of hydrogen-bond acceptors (Lipinski definition) is 7. The molecule has 0 saturated heterocycles. The maximum atomic E-state index is 12.7. The van der Waals surface area contributed by atoms with Gasteiger partial charge in [-0.25, -0.2) is 0 Å². The molecule has 0 spiro atoms. The summed E-state index contributed by atoms with van der Waals surface area (Å²) in [6.07, 6.45) is 0.633. The molecule has 1 aromatic heterocycles. The third-order valence-corrected chi connectivity index (χ3v) is 5.36. The second-order valence-electron chi connectivity index (χ2n) is 5.81. The quantitative estimate of drug-likeness (QED) is 0.355. The second kappa shape index (κ2) is 9.61. The average molecular weight is 419 g/mol. The Morgan fingerprint density at radius 2 is 1.79 bits per heavy atom. The van der Waals surface area contributed by atoms with E-state index in [1.165, 1.54) is 11.8 Å². The lowest BCUT2D eigenvalue weighted by atomic mass is 10.1. The molecule has 0 N–H and O–H groups in total. The molecule has 0 aliphatic heterocycles. The van der Waals surface area contributed by atoms with Crippen molar-refractivity contribution in [3.63, 3.8) is 0 Å². The normalized spacial score (nSPS) is 11.8. The number of ether oxygens (including phenoxy) is 2. The molecule has 1 unspecified atom stereocenters. The molecule has 8 heteroatoms. The molecular formula is C20H19ClN2O4S. The third-order valence-electron chi connectivity index (χ3n) is 3.91. The van der Waals surface area contributed by atoms with Crippen molar-refractivity contribution in [1.29, 1.82) is 0 Å². The van der Waals surface area contributed by atoms with Crippen LogP contribution in [0.25, 0.3) is 0 Å². The first-order chi connectivity index (χ1) is 13.6. The van der Waals surface area contributed by atoms with Crippen molar-refractivity contribution in [2.24, 2.45) is 0 Å². The lowest BCUT2D eigenvalue weighted by molar-refractivity contribution is 0.0987. The summed E-state index contributed by atoms with van der Waals surface area (Å²) in [6, 6.07) is 14.0. The van der Waals surface area contributed by atoms with Crippen molar-refractivity contribution >= 4 is 29.1 Å². The van der Waals surface area contributed by atoms with Crippen LogP contribution >= 0.6 is 23.4 Å². The molecule has 0 aliphatic carbocycles. The minimum absolute atomic E-state index is 0.00678. The summed E-state index contributed by atoms with van der Waals surface area (Å²) in [5, 5.41) is 8.63. The Morgan fingerprint density at radius 1 is 1.11 bits per heavy atom. The Balaban J connectivity index is 1.60. The molecule has 146 valence electrons. The van der Waals surface area contributed by atoms with Crippen LogP contribution in [0.3, 0.4) is 0 Å². The number of Topliss-reactive ketones (excluding diaryl/α,β-unsaturated/α-hetero) is 1. The van der Waals surface area contributed by atoms with Gasteiger partial charge in [0.2, 0.25) is 0 Å². The van der Waals surface area contributed by atoms with Crippen LogP contribution in [0.2, 0.25) is 5.02 Å². The minimum atomic E-state index is -0.320. The van der Waals surface area contributed by atoms with Gasteiger partial charge in [-0.15, -0.1) is 10.2 Å². The van der Waals surface area contributed by atoms with Gasteiger partial charge in [-0.3, -0.25) is 4.79 Å². The van der Waals surface area contributed by atoms with E-state index in [2.05, 4.69) is 10.2 Å². The van der Waals surface area contributed by atoms with Crippen molar-refractivity contribution in [3.05, 3.63) is 65.0 Å². The summed E-state index contributed by atoms with van der Waals surface area (Å²) in [4.78, 5) is 12.7. The fourth-order valence-electron chi connectivity index (χ4n) is 2.41. The lowest BCUT2D eigenvalue weighted by Gasteiger charge is -2.11. The van der Waals surface area contributed by atoms with Gasteiger partial charge in [0.1, 0.15) is 11.5 Å². The van der Waals surface area contributed by atoms with Crippen molar-refractivity contribution < 1.29 is 18.7 Å². The van der Waals surface area contributed by atoms with Gasteiger partial charge < -0.3 is 13.9 Å². The van der Waals surface area contributed by atoms with Crippen LogP contribution in [-0.4, -0.2) is 28.3 Å². The highest BCUT2D eigenvalue weighted by Gasteiger charge is 2.22. The largest absolute Gasteiger partial charge is 0.497 e. The van der Waals surface area contributed by atoms with Gasteiger partial charge in [-0.05, 0) is 55.0 Å². The van der Waals surface area contributed by atoms with E-state index in [0.717, 1.165) is 0 Å². The summed E-state index contributed by atoms with van der Waals surface area (Å²) in [5.41, 5.74) is 0.617. The van der Waals surface area contributed by atoms with Crippen molar-refractivity contribution in [2.45, 2.75) is 30.4 Å². The molecule has 0 aliphatic rings. The average Bonchev–Trinajstić information content (AvgIpc) is 3.18. The Morgan fingerprint density at radius 3 is 2.43 bits per heavy atom. The third kappa shape index (κ3) is 5.27. The van der Waals surface area contributed by atoms with Crippen LogP contribution in [0.1, 0.15) is 29.6 Å². The van der Waals surface area contributed by atoms with Crippen molar-refractivity contribution in [3.8, 4) is 11.5 Å². The fourth-order valence-corrected chi connectivity index (χ4v) is 3.42. The van der Waals surface area contributed by atoms with Crippen LogP contribution in [0.4, 0.5) is 0 Å². The molecule has 1 heterocycles. The molecular weight excluding hydrogens is 400 g/mol. The molecule has 0 saturated carbocycles. The molecule has 28 heavy (non-hydrogen) atoms. The van der Waals surface area contributed by atoms with E-state index in [-0.39, 0.29) is 17.6 Å². The number of ketones is 1. The molecule has 0 bridgehead atoms. The first-order valence-electron chi connectivity index (χ1n) is 8.64. The molecule has 0 radical (unpaired) electrons.